The second-order valence-corrected chi connectivity index (χ2v) is 5.50. The van der Waals surface area contributed by atoms with Gasteiger partial charge in [-0.3, -0.25) is 14.9 Å². The van der Waals surface area contributed by atoms with Gasteiger partial charge in [-0.25, -0.2) is 0 Å². The van der Waals surface area contributed by atoms with Gasteiger partial charge in [0.15, 0.2) is 11.9 Å². The van der Waals surface area contributed by atoms with Crippen molar-refractivity contribution in [2.45, 2.75) is 13.0 Å². The fourth-order valence-corrected chi connectivity index (χ4v) is 2.05. The second kappa shape index (κ2) is 7.30. The molecule has 0 spiro atoms. The van der Waals surface area contributed by atoms with Crippen LogP contribution in [-0.4, -0.2) is 16.9 Å². The second-order valence-electron chi connectivity index (χ2n) is 4.63. The van der Waals surface area contributed by atoms with Crippen molar-refractivity contribution in [2.24, 2.45) is 0 Å². The number of nitro benzene ring substituents is 1. The van der Waals surface area contributed by atoms with Crippen LogP contribution in [0.15, 0.2) is 42.5 Å². The van der Waals surface area contributed by atoms with Crippen molar-refractivity contribution in [3.63, 3.8) is 0 Å². The number of halogens is 2. The third kappa shape index (κ3) is 4.58. The average molecular weight is 355 g/mol. The van der Waals surface area contributed by atoms with Crippen molar-refractivity contribution in [2.75, 3.05) is 5.32 Å². The predicted octanol–water partition coefficient (Wildman–Crippen LogP) is 4.31. The van der Waals surface area contributed by atoms with E-state index in [0.29, 0.717) is 10.7 Å². The van der Waals surface area contributed by atoms with Crippen LogP contribution < -0.4 is 10.1 Å². The minimum atomic E-state index is -0.939. The fourth-order valence-electron chi connectivity index (χ4n) is 1.75. The van der Waals surface area contributed by atoms with Crippen molar-refractivity contribution in [1.82, 2.24) is 0 Å². The van der Waals surface area contributed by atoms with Gasteiger partial charge in [-0.2, -0.15) is 0 Å². The smallest absolute Gasteiger partial charge is 0.312 e. The maximum absolute atomic E-state index is 12.1. The number of carbonyl (C=O) groups excluding carboxylic acids is 1. The summed E-state index contributed by atoms with van der Waals surface area (Å²) in [7, 11) is 0. The molecule has 0 heterocycles. The van der Waals surface area contributed by atoms with E-state index in [4.69, 9.17) is 27.9 Å². The number of nitrogens with one attached hydrogen (secondary N) is 1. The third-order valence-corrected chi connectivity index (χ3v) is 3.39. The number of nitro groups is 1. The Bertz CT molecular complexity index is 735. The Morgan fingerprint density at radius 1 is 1.17 bits per heavy atom. The molecule has 120 valence electrons. The third-order valence-electron chi connectivity index (χ3n) is 2.90. The summed E-state index contributed by atoms with van der Waals surface area (Å²) < 4.78 is 5.38. The Labute approximate surface area is 142 Å². The molecule has 2 aromatic carbocycles. The highest BCUT2D eigenvalue weighted by Crippen LogP contribution is 2.30. The van der Waals surface area contributed by atoms with Crippen molar-refractivity contribution in [3.05, 3.63) is 62.6 Å². The van der Waals surface area contributed by atoms with Crippen LogP contribution in [0.2, 0.25) is 10.0 Å². The lowest BCUT2D eigenvalue weighted by Crippen LogP contribution is -2.30. The van der Waals surface area contributed by atoms with Gasteiger partial charge in [-0.05, 0) is 43.3 Å². The molecule has 2 aromatic rings. The number of rotatable bonds is 5. The van der Waals surface area contributed by atoms with E-state index in [0.717, 1.165) is 0 Å². The van der Waals surface area contributed by atoms with Crippen LogP contribution in [0.5, 0.6) is 5.75 Å². The van der Waals surface area contributed by atoms with Gasteiger partial charge in [0.05, 0.1) is 4.92 Å². The molecule has 0 bridgehead atoms. The molecule has 2 rings (SSSR count). The largest absolute Gasteiger partial charge is 0.474 e. The van der Waals surface area contributed by atoms with E-state index >= 15 is 0 Å². The van der Waals surface area contributed by atoms with Crippen LogP contribution in [0.25, 0.3) is 0 Å². The van der Waals surface area contributed by atoms with Gasteiger partial charge in [0.1, 0.15) is 0 Å². The highest BCUT2D eigenvalue weighted by Gasteiger charge is 2.21. The maximum atomic E-state index is 12.1. The van der Waals surface area contributed by atoms with E-state index in [1.807, 2.05) is 0 Å². The molecule has 0 unspecified atom stereocenters. The first-order valence-corrected chi connectivity index (χ1v) is 7.29. The van der Waals surface area contributed by atoms with Gasteiger partial charge in [0, 0.05) is 21.8 Å². The molecule has 0 aliphatic carbocycles. The lowest BCUT2D eigenvalue weighted by molar-refractivity contribution is -0.386. The summed E-state index contributed by atoms with van der Waals surface area (Å²) in [5.74, 6) is -0.477. The molecule has 23 heavy (non-hydrogen) atoms. The summed E-state index contributed by atoms with van der Waals surface area (Å²) in [6, 6.07) is 10.5. The fraction of sp³-hybridized carbons (Fsp3) is 0.133. The van der Waals surface area contributed by atoms with Gasteiger partial charge >= 0.3 is 5.69 Å². The first kappa shape index (κ1) is 17.1. The van der Waals surface area contributed by atoms with E-state index in [1.54, 1.807) is 24.3 Å². The Kier molecular flexibility index (Phi) is 5.41. The molecular weight excluding hydrogens is 343 g/mol. The summed E-state index contributed by atoms with van der Waals surface area (Å²) in [5, 5.41) is 14.4. The van der Waals surface area contributed by atoms with Gasteiger partial charge < -0.3 is 10.1 Å². The Balaban J connectivity index is 2.09. The number of nitrogens with zero attached hydrogens (tertiary/aromatic N) is 1. The molecule has 0 fully saturated rings. The van der Waals surface area contributed by atoms with Crippen LogP contribution in [0.3, 0.4) is 0 Å². The zero-order valence-corrected chi connectivity index (χ0v) is 13.5. The highest BCUT2D eigenvalue weighted by molar-refractivity contribution is 6.31. The van der Waals surface area contributed by atoms with E-state index in [9.17, 15) is 14.9 Å². The normalized spacial score (nSPS) is 11.6. The van der Waals surface area contributed by atoms with Crippen molar-refractivity contribution >= 4 is 40.5 Å². The summed E-state index contributed by atoms with van der Waals surface area (Å²) in [5.41, 5.74) is 0.240. The molecule has 6 nitrogen and oxygen atoms in total. The minimum Gasteiger partial charge on any atom is -0.474 e. The molecule has 0 radical (unpaired) electrons. The SMILES string of the molecule is C[C@@H](Oc1ccc(Cl)cc1[N+](=O)[O-])C(=O)Nc1ccc(Cl)cc1. The highest BCUT2D eigenvalue weighted by atomic mass is 35.5. The Morgan fingerprint density at radius 2 is 1.78 bits per heavy atom. The summed E-state index contributed by atoms with van der Waals surface area (Å²) in [6.07, 6.45) is -0.939. The number of ether oxygens (including phenoxy) is 1. The standard InChI is InChI=1S/C15H12Cl2N2O4/c1-9(15(20)18-12-5-2-10(16)3-6-12)23-14-7-4-11(17)8-13(14)19(21)22/h2-9H,1H3,(H,18,20)/t9-/m1/s1. The number of hydrogen-bond donors (Lipinski definition) is 1. The van der Waals surface area contributed by atoms with Crippen LogP contribution in [0, 0.1) is 10.1 Å². The van der Waals surface area contributed by atoms with E-state index in [-0.39, 0.29) is 16.5 Å². The van der Waals surface area contributed by atoms with Gasteiger partial charge in [-0.15, -0.1) is 0 Å². The molecule has 1 amide bonds. The number of benzene rings is 2. The Hall–Kier alpha value is -2.31. The van der Waals surface area contributed by atoms with Crippen LogP contribution in [-0.2, 0) is 4.79 Å². The number of amides is 1. The summed E-state index contributed by atoms with van der Waals surface area (Å²) in [4.78, 5) is 22.5. The van der Waals surface area contributed by atoms with Crippen LogP contribution in [0.1, 0.15) is 6.92 Å². The van der Waals surface area contributed by atoms with Crippen LogP contribution >= 0.6 is 23.2 Å². The molecule has 0 aliphatic heterocycles. The quantitative estimate of drug-likeness (QED) is 0.640. The molecule has 0 saturated carbocycles. The molecule has 0 aromatic heterocycles. The molecule has 0 aliphatic rings. The number of anilines is 1. The summed E-state index contributed by atoms with van der Waals surface area (Å²) in [6.45, 7) is 1.49. The minimum absolute atomic E-state index is 0.0295. The molecular formula is C15H12Cl2N2O4. The number of carbonyl (C=O) groups is 1. The first-order valence-electron chi connectivity index (χ1n) is 6.54. The lowest BCUT2D eigenvalue weighted by atomic mass is 10.2. The van der Waals surface area contributed by atoms with E-state index in [1.165, 1.54) is 25.1 Å². The molecule has 0 saturated heterocycles. The topological polar surface area (TPSA) is 81.5 Å². The van der Waals surface area contributed by atoms with Gasteiger partial charge in [0.2, 0.25) is 0 Å². The van der Waals surface area contributed by atoms with Gasteiger partial charge in [-0.1, -0.05) is 23.2 Å². The summed E-state index contributed by atoms with van der Waals surface area (Å²) >= 11 is 11.5. The van der Waals surface area contributed by atoms with Crippen molar-refractivity contribution in [1.29, 1.82) is 0 Å². The van der Waals surface area contributed by atoms with Crippen LogP contribution in [0.4, 0.5) is 11.4 Å². The average Bonchev–Trinajstić information content (AvgIpc) is 2.51. The van der Waals surface area contributed by atoms with Crippen molar-refractivity contribution < 1.29 is 14.5 Å². The molecule has 1 atom stereocenters. The molecule has 8 heteroatoms. The lowest BCUT2D eigenvalue weighted by Gasteiger charge is -2.15. The monoisotopic (exact) mass is 354 g/mol. The zero-order valence-electron chi connectivity index (χ0n) is 12.0. The number of hydrogen-bond acceptors (Lipinski definition) is 4. The maximum Gasteiger partial charge on any atom is 0.312 e. The van der Waals surface area contributed by atoms with Gasteiger partial charge in [0.25, 0.3) is 5.91 Å². The Morgan fingerprint density at radius 3 is 2.39 bits per heavy atom. The molecule has 1 N–H and O–H groups in total. The zero-order chi connectivity index (χ0) is 17.0. The first-order chi connectivity index (χ1) is 10.9. The van der Waals surface area contributed by atoms with Crippen molar-refractivity contribution in [3.8, 4) is 5.75 Å². The predicted molar refractivity (Wildman–Crippen MR) is 88.3 cm³/mol. The van der Waals surface area contributed by atoms with E-state index < -0.39 is 16.9 Å². The van der Waals surface area contributed by atoms with E-state index in [2.05, 4.69) is 5.32 Å².